The number of hydrogen-bond donors (Lipinski definition) is 2. The molecule has 2 N–H and O–H groups in total. The Labute approximate surface area is 109 Å². The summed E-state index contributed by atoms with van der Waals surface area (Å²) in [6, 6.07) is 9.80. The molecule has 17 heavy (non-hydrogen) atoms. The average Bonchev–Trinajstić information content (AvgIpc) is 2.30. The number of aromatic nitrogens is 2. The lowest BCUT2D eigenvalue weighted by Gasteiger charge is -2.07. The largest absolute Gasteiger partial charge is 0.340 e. The summed E-state index contributed by atoms with van der Waals surface area (Å²) in [6.07, 6.45) is 1.75. The highest BCUT2D eigenvalue weighted by Crippen LogP contribution is 2.18. The maximum Gasteiger partial charge on any atom is 0.144 e. The van der Waals surface area contributed by atoms with Gasteiger partial charge in [-0.2, -0.15) is 0 Å². The van der Waals surface area contributed by atoms with Gasteiger partial charge in [0.05, 0.1) is 6.54 Å². The Kier molecular flexibility index (Phi) is 4.06. The van der Waals surface area contributed by atoms with E-state index in [-0.39, 0.29) is 0 Å². The fourth-order valence-electron chi connectivity index (χ4n) is 1.43. The van der Waals surface area contributed by atoms with Crippen molar-refractivity contribution < 1.29 is 0 Å². The zero-order valence-corrected chi connectivity index (χ0v) is 11.0. The van der Waals surface area contributed by atoms with Gasteiger partial charge in [0.15, 0.2) is 0 Å². The van der Waals surface area contributed by atoms with Gasteiger partial charge in [0.1, 0.15) is 11.6 Å². The van der Waals surface area contributed by atoms with Crippen LogP contribution in [0.4, 0.5) is 11.5 Å². The van der Waals surface area contributed by atoms with E-state index < -0.39 is 0 Å². The van der Waals surface area contributed by atoms with Crippen LogP contribution in [0.2, 0.25) is 0 Å². The highest BCUT2D eigenvalue weighted by atomic mass is 79.9. The van der Waals surface area contributed by atoms with Crippen LogP contribution in [0.15, 0.2) is 41.0 Å². The topological polar surface area (TPSA) is 49.8 Å². The Bertz CT molecular complexity index is 501. The molecule has 0 atom stereocenters. The van der Waals surface area contributed by atoms with Crippen LogP contribution in [0.25, 0.3) is 0 Å². The van der Waals surface area contributed by atoms with E-state index in [1.54, 1.807) is 6.20 Å². The molecule has 0 aliphatic heterocycles. The number of benzene rings is 1. The number of halogens is 1. The molecule has 1 heterocycles. The van der Waals surface area contributed by atoms with Gasteiger partial charge in [-0.1, -0.05) is 22.0 Å². The quantitative estimate of drug-likeness (QED) is 0.910. The molecule has 0 saturated heterocycles. The van der Waals surface area contributed by atoms with Crippen molar-refractivity contribution in [3.8, 4) is 0 Å². The smallest absolute Gasteiger partial charge is 0.144 e. The Morgan fingerprint density at radius 2 is 2.18 bits per heavy atom. The van der Waals surface area contributed by atoms with Crippen LogP contribution < -0.4 is 10.6 Å². The van der Waals surface area contributed by atoms with Crippen molar-refractivity contribution >= 4 is 27.4 Å². The first-order chi connectivity index (χ1) is 8.28. The first-order valence-electron chi connectivity index (χ1n) is 5.27. The Morgan fingerprint density at radius 3 is 2.94 bits per heavy atom. The second-order valence-electron chi connectivity index (χ2n) is 3.52. The molecule has 5 heteroatoms. The Balaban J connectivity index is 2.15. The maximum absolute atomic E-state index is 4.39. The molecule has 0 aliphatic rings. The van der Waals surface area contributed by atoms with Crippen LogP contribution in [-0.2, 0) is 6.54 Å². The third-order valence-corrected chi connectivity index (χ3v) is 2.63. The van der Waals surface area contributed by atoms with Crippen molar-refractivity contribution in [1.82, 2.24) is 15.3 Å². The first kappa shape index (κ1) is 12.0. The summed E-state index contributed by atoms with van der Waals surface area (Å²) in [5.74, 6) is 1.57. The van der Waals surface area contributed by atoms with Gasteiger partial charge < -0.3 is 10.6 Å². The van der Waals surface area contributed by atoms with Gasteiger partial charge in [-0.25, -0.2) is 9.97 Å². The summed E-state index contributed by atoms with van der Waals surface area (Å²) in [5.41, 5.74) is 0.994. The molecule has 1 aromatic carbocycles. The molecule has 88 valence electrons. The first-order valence-corrected chi connectivity index (χ1v) is 6.06. The maximum atomic E-state index is 4.39. The van der Waals surface area contributed by atoms with E-state index in [9.17, 15) is 0 Å². The van der Waals surface area contributed by atoms with Gasteiger partial charge in [-0.3, -0.25) is 0 Å². The molecule has 0 bridgehead atoms. The van der Waals surface area contributed by atoms with Crippen molar-refractivity contribution in [3.05, 3.63) is 46.8 Å². The number of nitrogens with zero attached hydrogens (tertiary/aromatic N) is 2. The van der Waals surface area contributed by atoms with Crippen molar-refractivity contribution in [3.63, 3.8) is 0 Å². The monoisotopic (exact) mass is 292 g/mol. The van der Waals surface area contributed by atoms with Gasteiger partial charge in [0.25, 0.3) is 0 Å². The molecule has 0 amide bonds. The fraction of sp³-hybridized carbons (Fsp3) is 0.167. The van der Waals surface area contributed by atoms with Gasteiger partial charge >= 0.3 is 0 Å². The molecule has 0 spiro atoms. The molecular weight excluding hydrogens is 280 g/mol. The molecule has 0 unspecified atom stereocenters. The summed E-state index contributed by atoms with van der Waals surface area (Å²) < 4.78 is 1.03. The van der Waals surface area contributed by atoms with Crippen molar-refractivity contribution in [2.75, 3.05) is 12.4 Å². The lowest BCUT2D eigenvalue weighted by Crippen LogP contribution is -2.09. The van der Waals surface area contributed by atoms with Gasteiger partial charge in [0, 0.05) is 16.4 Å². The summed E-state index contributed by atoms with van der Waals surface area (Å²) in [7, 11) is 1.87. The molecule has 2 rings (SSSR count). The van der Waals surface area contributed by atoms with Crippen molar-refractivity contribution in [1.29, 1.82) is 0 Å². The number of anilines is 2. The minimum Gasteiger partial charge on any atom is -0.340 e. The van der Waals surface area contributed by atoms with E-state index in [4.69, 9.17) is 0 Å². The molecule has 4 nitrogen and oxygen atoms in total. The minimum absolute atomic E-state index is 0.661. The van der Waals surface area contributed by atoms with E-state index >= 15 is 0 Å². The minimum atomic E-state index is 0.661. The van der Waals surface area contributed by atoms with Gasteiger partial charge in [-0.05, 0) is 31.3 Å². The second-order valence-corrected chi connectivity index (χ2v) is 4.44. The predicted octanol–water partition coefficient (Wildman–Crippen LogP) is 2.70. The fourth-order valence-corrected chi connectivity index (χ4v) is 1.83. The molecule has 0 radical (unpaired) electrons. The summed E-state index contributed by atoms with van der Waals surface area (Å²) in [6.45, 7) is 0.661. The van der Waals surface area contributed by atoms with Crippen LogP contribution in [0.3, 0.4) is 0 Å². The van der Waals surface area contributed by atoms with Gasteiger partial charge in [-0.15, -0.1) is 0 Å². The lowest BCUT2D eigenvalue weighted by molar-refractivity contribution is 0.759. The van der Waals surface area contributed by atoms with Crippen LogP contribution in [0.1, 0.15) is 5.82 Å². The Hall–Kier alpha value is -1.46. The summed E-state index contributed by atoms with van der Waals surface area (Å²) in [5, 5.41) is 6.26. The SMILES string of the molecule is CNCc1nccc(Nc2cccc(Br)c2)n1. The number of hydrogen-bond acceptors (Lipinski definition) is 4. The molecule has 0 aliphatic carbocycles. The average molecular weight is 293 g/mol. The third-order valence-electron chi connectivity index (χ3n) is 2.14. The third kappa shape index (κ3) is 3.51. The zero-order chi connectivity index (χ0) is 12.1. The normalized spacial score (nSPS) is 10.2. The lowest BCUT2D eigenvalue weighted by atomic mass is 10.3. The van der Waals surface area contributed by atoms with Crippen LogP contribution in [0, 0.1) is 0 Å². The van der Waals surface area contributed by atoms with E-state index in [0.29, 0.717) is 6.54 Å². The van der Waals surface area contributed by atoms with E-state index in [0.717, 1.165) is 21.8 Å². The molecule has 2 aromatic rings. The van der Waals surface area contributed by atoms with E-state index in [2.05, 4.69) is 36.5 Å². The van der Waals surface area contributed by atoms with Gasteiger partial charge in [0.2, 0.25) is 0 Å². The van der Waals surface area contributed by atoms with Crippen molar-refractivity contribution in [2.24, 2.45) is 0 Å². The molecule has 1 aromatic heterocycles. The van der Waals surface area contributed by atoms with Crippen LogP contribution in [-0.4, -0.2) is 17.0 Å². The highest BCUT2D eigenvalue weighted by Gasteiger charge is 1.99. The second kappa shape index (κ2) is 5.75. The zero-order valence-electron chi connectivity index (χ0n) is 9.44. The molecule has 0 fully saturated rings. The number of nitrogens with one attached hydrogen (secondary N) is 2. The van der Waals surface area contributed by atoms with E-state index in [1.165, 1.54) is 0 Å². The standard InChI is InChI=1S/C12H13BrN4/c1-14-8-12-15-6-5-11(17-12)16-10-4-2-3-9(13)7-10/h2-7,14H,8H2,1H3,(H,15,16,17). The predicted molar refractivity (Wildman–Crippen MR) is 72.2 cm³/mol. The summed E-state index contributed by atoms with van der Waals surface area (Å²) >= 11 is 3.43. The van der Waals surface area contributed by atoms with E-state index in [1.807, 2.05) is 37.4 Å². The molecular formula is C12H13BrN4. The highest BCUT2D eigenvalue weighted by molar-refractivity contribution is 9.10. The Morgan fingerprint density at radius 1 is 1.29 bits per heavy atom. The summed E-state index contributed by atoms with van der Waals surface area (Å²) in [4.78, 5) is 8.55. The number of rotatable bonds is 4. The van der Waals surface area contributed by atoms with Crippen LogP contribution >= 0.6 is 15.9 Å². The van der Waals surface area contributed by atoms with Crippen molar-refractivity contribution in [2.45, 2.75) is 6.54 Å². The van der Waals surface area contributed by atoms with Crippen LogP contribution in [0.5, 0.6) is 0 Å². The molecule has 0 saturated carbocycles.